The molecule has 6 heteroatoms. The maximum atomic E-state index is 10.7. The van der Waals surface area contributed by atoms with E-state index in [0.717, 1.165) is 13.0 Å². The lowest BCUT2D eigenvalue weighted by Gasteiger charge is -2.10. The largest absolute Gasteiger partial charge is 0.376 e. The number of thiophene rings is 1. The van der Waals surface area contributed by atoms with Crippen LogP contribution >= 0.6 is 11.3 Å². The van der Waals surface area contributed by atoms with Crippen molar-refractivity contribution in [3.8, 4) is 0 Å². The molecule has 2 atom stereocenters. The first-order chi connectivity index (χ1) is 8.61. The number of rotatable bonds is 6. The van der Waals surface area contributed by atoms with Crippen LogP contribution in [0, 0.1) is 5.92 Å². The summed E-state index contributed by atoms with van der Waals surface area (Å²) in [6.07, 6.45) is 0.999. The normalized spacial score (nSPS) is 21.9. The molecule has 0 aliphatic heterocycles. The van der Waals surface area contributed by atoms with Gasteiger partial charge in [0.1, 0.15) is 0 Å². The molecule has 2 unspecified atom stereocenters. The third kappa shape index (κ3) is 3.22. The van der Waals surface area contributed by atoms with E-state index in [1.807, 2.05) is 6.92 Å². The Labute approximate surface area is 110 Å². The summed E-state index contributed by atoms with van der Waals surface area (Å²) in [4.78, 5) is 13.2. The van der Waals surface area contributed by atoms with Gasteiger partial charge in [0, 0.05) is 16.4 Å². The first-order valence-electron chi connectivity index (χ1n) is 6.04. The van der Waals surface area contributed by atoms with Crippen molar-refractivity contribution >= 4 is 17.4 Å². The molecule has 3 N–H and O–H groups in total. The Hall–Kier alpha value is -1.11. The summed E-state index contributed by atoms with van der Waals surface area (Å²) in [6.45, 7) is 3.67. The molecular formula is C12H18N2O3S. The Bertz CT molecular complexity index is 421. The Morgan fingerprint density at radius 3 is 3.11 bits per heavy atom. The van der Waals surface area contributed by atoms with Crippen molar-refractivity contribution in [3.05, 3.63) is 21.9 Å². The highest BCUT2D eigenvalue weighted by atomic mass is 32.1. The lowest BCUT2D eigenvalue weighted by molar-refractivity contribution is -0.0431. The second kappa shape index (κ2) is 5.69. The molecule has 2 amide bonds. The van der Waals surface area contributed by atoms with Gasteiger partial charge in [0.25, 0.3) is 0 Å². The number of ether oxygens (including phenoxy) is 1. The van der Waals surface area contributed by atoms with Crippen molar-refractivity contribution in [2.24, 2.45) is 11.7 Å². The fourth-order valence-corrected chi connectivity index (χ4v) is 3.14. The van der Waals surface area contributed by atoms with Crippen LogP contribution in [0.1, 0.15) is 29.0 Å². The minimum absolute atomic E-state index is 0.318. The van der Waals surface area contributed by atoms with Gasteiger partial charge in [-0.15, -0.1) is 11.3 Å². The summed E-state index contributed by atoms with van der Waals surface area (Å²) < 4.78 is 5.36. The summed E-state index contributed by atoms with van der Waals surface area (Å²) in [7, 11) is 0. The van der Waals surface area contributed by atoms with Gasteiger partial charge in [-0.2, -0.15) is 0 Å². The van der Waals surface area contributed by atoms with Gasteiger partial charge in [0.2, 0.25) is 0 Å². The van der Waals surface area contributed by atoms with Crippen LogP contribution in [0.25, 0.3) is 0 Å². The van der Waals surface area contributed by atoms with Gasteiger partial charge in [-0.1, -0.05) is 0 Å². The summed E-state index contributed by atoms with van der Waals surface area (Å²) in [5, 5.41) is 9.86. The van der Waals surface area contributed by atoms with Crippen molar-refractivity contribution in [1.29, 1.82) is 0 Å². The average Bonchev–Trinajstić information content (AvgIpc) is 2.94. The molecule has 18 heavy (non-hydrogen) atoms. The topological polar surface area (TPSA) is 75.8 Å². The summed E-state index contributed by atoms with van der Waals surface area (Å²) in [6, 6.07) is 3.40. The fourth-order valence-electron chi connectivity index (χ4n) is 1.98. The first-order valence-corrected chi connectivity index (χ1v) is 6.85. The van der Waals surface area contributed by atoms with Gasteiger partial charge in [-0.25, -0.2) is 9.86 Å². The SMILES string of the molecule is CCOCc1ccc(C2CC2CN(O)C(N)=O)s1. The van der Waals surface area contributed by atoms with Crippen molar-refractivity contribution in [2.75, 3.05) is 13.2 Å². The molecule has 2 rings (SSSR count). The number of nitrogens with zero attached hydrogens (tertiary/aromatic N) is 1. The number of hydroxylamine groups is 2. The average molecular weight is 270 g/mol. The minimum atomic E-state index is -0.788. The number of hydrogen-bond acceptors (Lipinski definition) is 4. The lowest BCUT2D eigenvalue weighted by atomic mass is 10.2. The monoisotopic (exact) mass is 270 g/mol. The second-order valence-corrected chi connectivity index (χ2v) is 5.66. The highest BCUT2D eigenvalue weighted by Crippen LogP contribution is 2.49. The number of carbonyl (C=O) groups is 1. The van der Waals surface area contributed by atoms with Crippen LogP contribution in [0.15, 0.2) is 12.1 Å². The predicted octanol–water partition coefficient (Wildman–Crippen LogP) is 2.16. The number of amides is 2. The molecule has 0 saturated heterocycles. The second-order valence-electron chi connectivity index (χ2n) is 4.46. The molecule has 5 nitrogen and oxygen atoms in total. The van der Waals surface area contributed by atoms with E-state index in [9.17, 15) is 10.0 Å². The van der Waals surface area contributed by atoms with Gasteiger partial charge in [0.05, 0.1) is 13.2 Å². The zero-order chi connectivity index (χ0) is 13.1. The molecule has 0 radical (unpaired) electrons. The zero-order valence-corrected chi connectivity index (χ0v) is 11.2. The highest BCUT2D eigenvalue weighted by molar-refractivity contribution is 7.12. The Morgan fingerprint density at radius 1 is 1.67 bits per heavy atom. The summed E-state index contributed by atoms with van der Waals surface area (Å²) >= 11 is 1.74. The van der Waals surface area contributed by atoms with E-state index in [0.29, 0.717) is 30.1 Å². The van der Waals surface area contributed by atoms with Gasteiger partial charge >= 0.3 is 6.03 Å². The number of urea groups is 1. The van der Waals surface area contributed by atoms with E-state index in [2.05, 4.69) is 12.1 Å². The van der Waals surface area contributed by atoms with Crippen molar-refractivity contribution in [1.82, 2.24) is 5.06 Å². The number of primary amides is 1. The van der Waals surface area contributed by atoms with Crippen LogP contribution < -0.4 is 5.73 Å². The van der Waals surface area contributed by atoms with E-state index in [1.165, 1.54) is 9.75 Å². The van der Waals surface area contributed by atoms with Crippen LogP contribution in [0.3, 0.4) is 0 Å². The Kier molecular flexibility index (Phi) is 4.21. The summed E-state index contributed by atoms with van der Waals surface area (Å²) in [5.41, 5.74) is 4.98. The molecule has 1 aliphatic rings. The van der Waals surface area contributed by atoms with Gasteiger partial charge in [0.15, 0.2) is 0 Å². The van der Waals surface area contributed by atoms with E-state index in [-0.39, 0.29) is 0 Å². The van der Waals surface area contributed by atoms with Gasteiger partial charge in [-0.05, 0) is 37.3 Å². The third-order valence-electron chi connectivity index (χ3n) is 3.08. The number of nitrogens with two attached hydrogens (primary N) is 1. The Morgan fingerprint density at radius 2 is 2.44 bits per heavy atom. The third-order valence-corrected chi connectivity index (χ3v) is 4.27. The smallest absolute Gasteiger partial charge is 0.338 e. The van der Waals surface area contributed by atoms with Crippen LogP contribution in [-0.2, 0) is 11.3 Å². The zero-order valence-electron chi connectivity index (χ0n) is 10.3. The molecule has 1 saturated carbocycles. The molecule has 100 valence electrons. The summed E-state index contributed by atoms with van der Waals surface area (Å²) in [5.74, 6) is 0.764. The maximum absolute atomic E-state index is 10.7. The van der Waals surface area contributed by atoms with Crippen LogP contribution in [0.2, 0.25) is 0 Å². The van der Waals surface area contributed by atoms with E-state index in [4.69, 9.17) is 10.5 Å². The van der Waals surface area contributed by atoms with Crippen molar-refractivity contribution in [3.63, 3.8) is 0 Å². The quantitative estimate of drug-likeness (QED) is 0.614. The molecule has 0 spiro atoms. The van der Waals surface area contributed by atoms with Gasteiger partial charge < -0.3 is 10.5 Å². The molecule has 1 aliphatic carbocycles. The van der Waals surface area contributed by atoms with Gasteiger partial charge in [-0.3, -0.25) is 5.21 Å². The maximum Gasteiger partial charge on any atom is 0.338 e. The standard InChI is InChI=1S/C12H18N2O3S/c1-2-17-7-9-3-4-11(18-9)10-5-8(10)6-14(16)12(13)15/h3-4,8,10,16H,2,5-7H2,1H3,(H2,13,15). The highest BCUT2D eigenvalue weighted by Gasteiger charge is 2.40. The van der Waals surface area contributed by atoms with Crippen LogP contribution in [-0.4, -0.2) is 29.5 Å². The number of carbonyl (C=O) groups excluding carboxylic acids is 1. The predicted molar refractivity (Wildman–Crippen MR) is 68.6 cm³/mol. The fraction of sp³-hybridized carbons (Fsp3) is 0.583. The molecule has 0 bridgehead atoms. The minimum Gasteiger partial charge on any atom is -0.376 e. The molecular weight excluding hydrogens is 252 g/mol. The van der Waals surface area contributed by atoms with Crippen molar-refractivity contribution in [2.45, 2.75) is 25.9 Å². The van der Waals surface area contributed by atoms with Crippen molar-refractivity contribution < 1.29 is 14.7 Å². The number of hydrogen-bond donors (Lipinski definition) is 2. The van der Waals surface area contributed by atoms with E-state index in [1.54, 1.807) is 11.3 Å². The van der Waals surface area contributed by atoms with Crippen LogP contribution in [0.5, 0.6) is 0 Å². The molecule has 1 heterocycles. The first kappa shape index (κ1) is 13.3. The van der Waals surface area contributed by atoms with Crippen LogP contribution in [0.4, 0.5) is 4.79 Å². The molecule has 1 aromatic heterocycles. The Balaban J connectivity index is 1.83. The molecule has 1 fully saturated rings. The van der Waals surface area contributed by atoms with E-state index < -0.39 is 6.03 Å². The lowest BCUT2D eigenvalue weighted by Crippen LogP contribution is -2.34. The molecule has 1 aromatic rings. The molecule has 0 aromatic carbocycles. The van der Waals surface area contributed by atoms with E-state index >= 15 is 0 Å².